The van der Waals surface area contributed by atoms with Gasteiger partial charge in [-0.2, -0.15) is 0 Å². The van der Waals surface area contributed by atoms with Crippen LogP contribution in [0.4, 0.5) is 15.8 Å². The van der Waals surface area contributed by atoms with Gasteiger partial charge in [0.1, 0.15) is 5.82 Å². The molecule has 4 rings (SSSR count). The highest BCUT2D eigenvalue weighted by Crippen LogP contribution is 2.38. The summed E-state index contributed by atoms with van der Waals surface area (Å²) in [6.45, 7) is 5.54. The molecule has 1 aliphatic heterocycles. The standard InChI is InChI=1S/C20H18FN3O2S/c1-11-16-12(21)5-4-6-15(16)27-17(11)18(25)24-10-20(2,3)19(26)23-13-7-8-22-9-14(13)24/h4-9H,10H2,1-3H3,(H,23,26). The molecule has 0 atom stereocenters. The number of halogens is 1. The summed E-state index contributed by atoms with van der Waals surface area (Å²) in [4.78, 5) is 32.1. The van der Waals surface area contributed by atoms with Gasteiger partial charge in [-0.05, 0) is 44.5 Å². The van der Waals surface area contributed by atoms with Crippen molar-refractivity contribution in [2.75, 3.05) is 16.8 Å². The number of benzene rings is 1. The topological polar surface area (TPSA) is 62.3 Å². The van der Waals surface area contributed by atoms with Crippen LogP contribution in [-0.4, -0.2) is 23.3 Å². The largest absolute Gasteiger partial charge is 0.324 e. The van der Waals surface area contributed by atoms with Crippen LogP contribution in [0, 0.1) is 18.2 Å². The number of nitrogens with zero attached hydrogens (tertiary/aromatic N) is 2. The number of carbonyl (C=O) groups excluding carboxylic acids is 2. The van der Waals surface area contributed by atoms with E-state index in [2.05, 4.69) is 10.3 Å². The number of thiophene rings is 1. The molecule has 2 aromatic heterocycles. The molecule has 3 heterocycles. The number of hydrogen-bond donors (Lipinski definition) is 1. The van der Waals surface area contributed by atoms with Crippen molar-refractivity contribution < 1.29 is 14.0 Å². The van der Waals surface area contributed by atoms with Crippen molar-refractivity contribution in [2.45, 2.75) is 20.8 Å². The fourth-order valence-electron chi connectivity index (χ4n) is 3.31. The molecule has 0 radical (unpaired) electrons. The molecule has 0 unspecified atom stereocenters. The van der Waals surface area contributed by atoms with E-state index in [1.165, 1.54) is 17.4 Å². The zero-order valence-corrected chi connectivity index (χ0v) is 16.0. The second kappa shape index (κ2) is 6.13. The van der Waals surface area contributed by atoms with E-state index in [0.717, 1.165) is 4.70 Å². The lowest BCUT2D eigenvalue weighted by Gasteiger charge is -2.28. The Morgan fingerprint density at radius 3 is 2.85 bits per heavy atom. The van der Waals surface area contributed by atoms with Gasteiger partial charge in [-0.25, -0.2) is 4.39 Å². The molecule has 27 heavy (non-hydrogen) atoms. The lowest BCUT2D eigenvalue weighted by molar-refractivity contribution is -0.123. The van der Waals surface area contributed by atoms with Crippen LogP contribution in [0.3, 0.4) is 0 Å². The normalized spacial score (nSPS) is 16.0. The SMILES string of the molecule is Cc1c(C(=O)N2CC(C)(C)C(=O)Nc3ccncc32)sc2cccc(F)c12. The number of rotatable bonds is 1. The molecule has 0 spiro atoms. The molecular weight excluding hydrogens is 365 g/mol. The summed E-state index contributed by atoms with van der Waals surface area (Å²) < 4.78 is 15.0. The van der Waals surface area contributed by atoms with Crippen molar-refractivity contribution in [3.8, 4) is 0 Å². The number of aryl methyl sites for hydroxylation is 1. The maximum atomic E-state index is 14.3. The van der Waals surface area contributed by atoms with Crippen molar-refractivity contribution in [3.05, 3.63) is 52.9 Å². The monoisotopic (exact) mass is 383 g/mol. The number of anilines is 2. The van der Waals surface area contributed by atoms with E-state index in [9.17, 15) is 14.0 Å². The number of hydrogen-bond acceptors (Lipinski definition) is 4. The Labute approximate surface area is 159 Å². The van der Waals surface area contributed by atoms with Gasteiger partial charge in [0.05, 0.1) is 27.9 Å². The van der Waals surface area contributed by atoms with Crippen LogP contribution in [0.5, 0.6) is 0 Å². The first kappa shape index (κ1) is 17.6. The summed E-state index contributed by atoms with van der Waals surface area (Å²) in [6, 6.07) is 6.51. The Morgan fingerprint density at radius 2 is 2.11 bits per heavy atom. The average molecular weight is 383 g/mol. The summed E-state index contributed by atoms with van der Waals surface area (Å²) >= 11 is 1.27. The molecule has 7 heteroatoms. The number of carbonyl (C=O) groups is 2. The number of fused-ring (bicyclic) bond motifs is 2. The van der Waals surface area contributed by atoms with Gasteiger partial charge in [0, 0.05) is 22.8 Å². The maximum Gasteiger partial charge on any atom is 0.268 e. The van der Waals surface area contributed by atoms with Crippen LogP contribution in [-0.2, 0) is 4.79 Å². The van der Waals surface area contributed by atoms with Gasteiger partial charge in [0.2, 0.25) is 5.91 Å². The molecule has 1 N–H and O–H groups in total. The van der Waals surface area contributed by atoms with Crippen LogP contribution in [0.2, 0.25) is 0 Å². The Morgan fingerprint density at radius 1 is 1.33 bits per heavy atom. The van der Waals surface area contributed by atoms with E-state index in [-0.39, 0.29) is 24.2 Å². The Hall–Kier alpha value is -2.80. The first-order valence-corrected chi connectivity index (χ1v) is 9.36. The summed E-state index contributed by atoms with van der Waals surface area (Å²) in [5.74, 6) is -0.758. The van der Waals surface area contributed by atoms with Crippen molar-refractivity contribution in [2.24, 2.45) is 5.41 Å². The first-order chi connectivity index (χ1) is 12.8. The van der Waals surface area contributed by atoms with Gasteiger partial charge in [-0.15, -0.1) is 11.3 Å². The van der Waals surface area contributed by atoms with E-state index < -0.39 is 5.41 Å². The predicted molar refractivity (Wildman–Crippen MR) is 105 cm³/mol. The molecule has 0 saturated heterocycles. The number of amides is 2. The molecule has 0 saturated carbocycles. The number of aromatic nitrogens is 1. The summed E-state index contributed by atoms with van der Waals surface area (Å²) in [5.41, 5.74) is 0.910. The van der Waals surface area contributed by atoms with Gasteiger partial charge in [0.25, 0.3) is 5.91 Å². The highest BCUT2D eigenvalue weighted by atomic mass is 32.1. The molecule has 5 nitrogen and oxygen atoms in total. The number of nitrogens with one attached hydrogen (secondary N) is 1. The Balaban J connectivity index is 1.87. The maximum absolute atomic E-state index is 14.3. The van der Waals surface area contributed by atoms with E-state index >= 15 is 0 Å². The van der Waals surface area contributed by atoms with Crippen molar-refractivity contribution in [1.29, 1.82) is 0 Å². The van der Waals surface area contributed by atoms with Crippen molar-refractivity contribution >= 4 is 44.6 Å². The Kier molecular flexibility index (Phi) is 3.99. The van der Waals surface area contributed by atoms with Crippen LogP contribution in [0.15, 0.2) is 36.7 Å². The molecule has 0 aliphatic carbocycles. The lowest BCUT2D eigenvalue weighted by Crippen LogP contribution is -2.42. The third kappa shape index (κ3) is 2.78. The van der Waals surface area contributed by atoms with Gasteiger partial charge in [0.15, 0.2) is 0 Å². The fourth-order valence-corrected chi connectivity index (χ4v) is 4.48. The van der Waals surface area contributed by atoms with E-state index in [1.807, 2.05) is 0 Å². The summed E-state index contributed by atoms with van der Waals surface area (Å²) in [6.07, 6.45) is 3.14. The van der Waals surface area contributed by atoms with Crippen LogP contribution in [0.25, 0.3) is 10.1 Å². The van der Waals surface area contributed by atoms with Crippen LogP contribution >= 0.6 is 11.3 Å². The molecule has 1 aliphatic rings. The van der Waals surface area contributed by atoms with Crippen molar-refractivity contribution in [3.63, 3.8) is 0 Å². The lowest BCUT2D eigenvalue weighted by atomic mass is 9.92. The second-order valence-electron chi connectivity index (χ2n) is 7.29. The molecule has 3 aromatic rings. The van der Waals surface area contributed by atoms with Gasteiger partial charge in [-0.1, -0.05) is 6.07 Å². The van der Waals surface area contributed by atoms with Gasteiger partial charge < -0.3 is 10.2 Å². The third-order valence-corrected chi connectivity index (χ3v) is 6.09. The summed E-state index contributed by atoms with van der Waals surface area (Å²) in [5, 5.41) is 3.34. The molecule has 1 aromatic carbocycles. The van der Waals surface area contributed by atoms with Crippen LogP contribution in [0.1, 0.15) is 29.1 Å². The Bertz CT molecular complexity index is 1090. The summed E-state index contributed by atoms with van der Waals surface area (Å²) in [7, 11) is 0. The molecule has 0 fully saturated rings. The van der Waals surface area contributed by atoms with Gasteiger partial charge in [-0.3, -0.25) is 14.6 Å². The highest BCUT2D eigenvalue weighted by molar-refractivity contribution is 7.21. The van der Waals surface area contributed by atoms with Crippen LogP contribution < -0.4 is 10.2 Å². The molecule has 138 valence electrons. The quantitative estimate of drug-likeness (QED) is 0.679. The molecule has 0 bridgehead atoms. The average Bonchev–Trinajstić information content (AvgIpc) is 2.92. The molecular formula is C20H18FN3O2S. The number of pyridine rings is 1. The van der Waals surface area contributed by atoms with E-state index in [1.54, 1.807) is 56.3 Å². The smallest absolute Gasteiger partial charge is 0.268 e. The molecule has 2 amide bonds. The van der Waals surface area contributed by atoms with E-state index in [0.29, 0.717) is 27.2 Å². The fraction of sp³-hybridized carbons (Fsp3) is 0.250. The van der Waals surface area contributed by atoms with Crippen molar-refractivity contribution in [1.82, 2.24) is 4.98 Å². The zero-order valence-electron chi connectivity index (χ0n) is 15.2. The predicted octanol–water partition coefficient (Wildman–Crippen LogP) is 4.37. The zero-order chi connectivity index (χ0) is 19.3. The minimum absolute atomic E-state index is 0.163. The van der Waals surface area contributed by atoms with E-state index in [4.69, 9.17) is 0 Å². The third-order valence-electron chi connectivity index (χ3n) is 4.85. The minimum atomic E-state index is -0.787. The first-order valence-electron chi connectivity index (χ1n) is 8.54. The minimum Gasteiger partial charge on any atom is -0.324 e. The van der Waals surface area contributed by atoms with Gasteiger partial charge >= 0.3 is 0 Å². The second-order valence-corrected chi connectivity index (χ2v) is 8.34. The highest BCUT2D eigenvalue weighted by Gasteiger charge is 2.38.